The van der Waals surface area contributed by atoms with E-state index in [1.54, 1.807) is 0 Å². The summed E-state index contributed by atoms with van der Waals surface area (Å²) in [5, 5.41) is 3.79. The number of nitrogens with one attached hydrogen (secondary N) is 1. The molecular formula is C18H36N2. The number of nitrogens with zero attached hydrogens (tertiary/aromatic N) is 1. The Morgan fingerprint density at radius 3 is 2.45 bits per heavy atom. The van der Waals surface area contributed by atoms with Crippen molar-refractivity contribution in [3.63, 3.8) is 0 Å². The first kappa shape index (κ1) is 16.3. The Hall–Kier alpha value is -0.0800. The predicted octanol–water partition coefficient (Wildman–Crippen LogP) is 4.06. The second-order valence-electron chi connectivity index (χ2n) is 7.43. The molecule has 0 heterocycles. The fraction of sp³-hybridized carbons (Fsp3) is 1.00. The maximum Gasteiger partial charge on any atom is 0.0223 e. The zero-order chi connectivity index (χ0) is 14.4. The van der Waals surface area contributed by atoms with Crippen LogP contribution in [0.4, 0.5) is 0 Å². The highest BCUT2D eigenvalue weighted by atomic mass is 15.2. The fourth-order valence-corrected chi connectivity index (χ4v) is 4.44. The summed E-state index contributed by atoms with van der Waals surface area (Å²) in [5.74, 6) is 1.86. The van der Waals surface area contributed by atoms with Gasteiger partial charge in [-0.1, -0.05) is 46.0 Å². The van der Waals surface area contributed by atoms with E-state index in [0.717, 1.165) is 30.5 Å². The Morgan fingerprint density at radius 1 is 1.05 bits per heavy atom. The van der Waals surface area contributed by atoms with Gasteiger partial charge in [-0.2, -0.15) is 0 Å². The summed E-state index contributed by atoms with van der Waals surface area (Å²) in [7, 11) is 2.37. The maximum absolute atomic E-state index is 3.79. The lowest BCUT2D eigenvalue weighted by Gasteiger charge is -2.39. The van der Waals surface area contributed by atoms with Crippen LogP contribution in [0, 0.1) is 11.8 Å². The molecule has 2 heteroatoms. The maximum atomic E-state index is 3.79. The molecule has 0 bridgehead atoms. The summed E-state index contributed by atoms with van der Waals surface area (Å²) in [6.07, 6.45) is 13.0. The van der Waals surface area contributed by atoms with Crippen molar-refractivity contribution in [2.75, 3.05) is 20.1 Å². The van der Waals surface area contributed by atoms with Gasteiger partial charge in [-0.15, -0.1) is 0 Å². The molecule has 1 N–H and O–H groups in total. The SMILES string of the molecule is CCNC(CN(C)C1CCCC(C)C1)C1CCCCC1. The van der Waals surface area contributed by atoms with Crippen molar-refractivity contribution in [1.82, 2.24) is 10.2 Å². The number of hydrogen-bond acceptors (Lipinski definition) is 2. The van der Waals surface area contributed by atoms with Crippen molar-refractivity contribution in [3.05, 3.63) is 0 Å². The van der Waals surface area contributed by atoms with E-state index >= 15 is 0 Å². The van der Waals surface area contributed by atoms with Crippen molar-refractivity contribution in [3.8, 4) is 0 Å². The lowest BCUT2D eigenvalue weighted by molar-refractivity contribution is 0.129. The molecule has 3 atom stereocenters. The second kappa shape index (κ2) is 8.38. The Balaban J connectivity index is 1.85. The Labute approximate surface area is 126 Å². The highest BCUT2D eigenvalue weighted by molar-refractivity contribution is 4.85. The third kappa shape index (κ3) is 4.73. The van der Waals surface area contributed by atoms with Crippen LogP contribution in [0.3, 0.4) is 0 Å². The molecule has 0 aliphatic heterocycles. The largest absolute Gasteiger partial charge is 0.313 e. The third-order valence-electron chi connectivity index (χ3n) is 5.70. The van der Waals surface area contributed by atoms with Crippen LogP contribution >= 0.6 is 0 Å². The predicted molar refractivity (Wildman–Crippen MR) is 88.1 cm³/mol. The lowest BCUT2D eigenvalue weighted by Crippen LogP contribution is -2.48. The molecule has 2 nitrogen and oxygen atoms in total. The van der Waals surface area contributed by atoms with Crippen LogP contribution < -0.4 is 5.32 Å². The van der Waals surface area contributed by atoms with Gasteiger partial charge in [0, 0.05) is 18.6 Å². The van der Waals surface area contributed by atoms with Gasteiger partial charge in [0.2, 0.25) is 0 Å². The molecular weight excluding hydrogens is 244 g/mol. The molecule has 3 unspecified atom stereocenters. The summed E-state index contributed by atoms with van der Waals surface area (Å²) in [4.78, 5) is 2.68. The number of rotatable bonds is 6. The molecule has 2 rings (SSSR count). The monoisotopic (exact) mass is 280 g/mol. The third-order valence-corrected chi connectivity index (χ3v) is 5.70. The van der Waals surface area contributed by atoms with Gasteiger partial charge in [0.15, 0.2) is 0 Å². The molecule has 2 aliphatic rings. The van der Waals surface area contributed by atoms with Gasteiger partial charge in [-0.05, 0) is 51.1 Å². The van der Waals surface area contributed by atoms with E-state index in [0.29, 0.717) is 0 Å². The van der Waals surface area contributed by atoms with Crippen LogP contribution in [-0.2, 0) is 0 Å². The second-order valence-corrected chi connectivity index (χ2v) is 7.43. The van der Waals surface area contributed by atoms with Crippen molar-refractivity contribution in [1.29, 1.82) is 0 Å². The Kier molecular flexibility index (Phi) is 6.83. The van der Waals surface area contributed by atoms with Crippen molar-refractivity contribution < 1.29 is 0 Å². The average Bonchev–Trinajstić information content (AvgIpc) is 2.47. The number of likely N-dealkylation sites (N-methyl/N-ethyl adjacent to an activating group) is 2. The van der Waals surface area contributed by atoms with Crippen LogP contribution in [0.25, 0.3) is 0 Å². The molecule has 2 fully saturated rings. The summed E-state index contributed by atoms with van der Waals surface area (Å²) < 4.78 is 0. The zero-order valence-corrected chi connectivity index (χ0v) is 14.0. The summed E-state index contributed by atoms with van der Waals surface area (Å²) in [6.45, 7) is 7.08. The van der Waals surface area contributed by atoms with E-state index in [2.05, 4.69) is 31.1 Å². The molecule has 0 spiro atoms. The Morgan fingerprint density at radius 2 is 1.80 bits per heavy atom. The van der Waals surface area contributed by atoms with Crippen molar-refractivity contribution in [2.45, 2.75) is 83.7 Å². The minimum absolute atomic E-state index is 0.725. The standard InChI is InChI=1S/C18H36N2/c1-4-19-18(16-10-6-5-7-11-16)14-20(3)17-12-8-9-15(2)13-17/h15-19H,4-14H2,1-3H3. The molecule has 2 aliphatic carbocycles. The average molecular weight is 280 g/mol. The lowest BCUT2D eigenvalue weighted by atomic mass is 9.82. The first-order valence-corrected chi connectivity index (χ1v) is 9.14. The molecule has 0 saturated heterocycles. The first-order valence-electron chi connectivity index (χ1n) is 9.14. The van der Waals surface area contributed by atoms with E-state index in [9.17, 15) is 0 Å². The summed E-state index contributed by atoms with van der Waals surface area (Å²) >= 11 is 0. The first-order chi connectivity index (χ1) is 9.70. The molecule has 0 aromatic heterocycles. The van der Waals surface area contributed by atoms with Gasteiger partial charge in [0.25, 0.3) is 0 Å². The molecule has 0 amide bonds. The molecule has 0 aromatic carbocycles. The van der Waals surface area contributed by atoms with Crippen LogP contribution in [0.5, 0.6) is 0 Å². The van der Waals surface area contributed by atoms with E-state index < -0.39 is 0 Å². The molecule has 118 valence electrons. The van der Waals surface area contributed by atoms with Gasteiger partial charge < -0.3 is 10.2 Å². The fourth-order valence-electron chi connectivity index (χ4n) is 4.44. The van der Waals surface area contributed by atoms with Crippen molar-refractivity contribution in [2.24, 2.45) is 11.8 Å². The zero-order valence-electron chi connectivity index (χ0n) is 14.0. The van der Waals surface area contributed by atoms with E-state index in [-0.39, 0.29) is 0 Å². The van der Waals surface area contributed by atoms with Crippen LogP contribution in [-0.4, -0.2) is 37.1 Å². The molecule has 0 radical (unpaired) electrons. The Bertz CT molecular complexity index is 260. The van der Waals surface area contributed by atoms with Crippen LogP contribution in [0.15, 0.2) is 0 Å². The molecule has 20 heavy (non-hydrogen) atoms. The number of hydrogen-bond donors (Lipinski definition) is 1. The van der Waals surface area contributed by atoms with Gasteiger partial charge in [0.05, 0.1) is 0 Å². The van der Waals surface area contributed by atoms with Crippen molar-refractivity contribution >= 4 is 0 Å². The van der Waals surface area contributed by atoms with Crippen LogP contribution in [0.1, 0.15) is 71.6 Å². The quantitative estimate of drug-likeness (QED) is 0.789. The van der Waals surface area contributed by atoms with Gasteiger partial charge >= 0.3 is 0 Å². The van der Waals surface area contributed by atoms with E-state index in [1.165, 1.54) is 64.3 Å². The van der Waals surface area contributed by atoms with Gasteiger partial charge in [-0.25, -0.2) is 0 Å². The summed E-state index contributed by atoms with van der Waals surface area (Å²) in [5.41, 5.74) is 0. The van der Waals surface area contributed by atoms with Crippen LogP contribution in [0.2, 0.25) is 0 Å². The van der Waals surface area contributed by atoms with E-state index in [4.69, 9.17) is 0 Å². The van der Waals surface area contributed by atoms with Gasteiger partial charge in [-0.3, -0.25) is 0 Å². The smallest absolute Gasteiger partial charge is 0.0223 e. The van der Waals surface area contributed by atoms with Gasteiger partial charge in [0.1, 0.15) is 0 Å². The minimum Gasteiger partial charge on any atom is -0.313 e. The topological polar surface area (TPSA) is 15.3 Å². The van der Waals surface area contributed by atoms with E-state index in [1.807, 2.05) is 0 Å². The minimum atomic E-state index is 0.725. The highest BCUT2D eigenvalue weighted by Gasteiger charge is 2.28. The molecule has 0 aromatic rings. The highest BCUT2D eigenvalue weighted by Crippen LogP contribution is 2.29. The normalized spacial score (nSPS) is 30.6. The molecule has 2 saturated carbocycles. The summed E-state index contributed by atoms with van der Waals surface area (Å²) in [6, 6.07) is 1.56.